The Balaban J connectivity index is 2.22. The van der Waals surface area contributed by atoms with Crippen molar-refractivity contribution in [2.45, 2.75) is 65.0 Å². The highest BCUT2D eigenvalue weighted by atomic mass is 16.6. The first kappa shape index (κ1) is 37.9. The summed E-state index contributed by atoms with van der Waals surface area (Å²) in [4.78, 5) is 53.6. The van der Waals surface area contributed by atoms with Gasteiger partial charge in [0.05, 0.1) is 32.0 Å². The van der Waals surface area contributed by atoms with Gasteiger partial charge >= 0.3 is 6.09 Å². The van der Waals surface area contributed by atoms with Gasteiger partial charge in [-0.3, -0.25) is 14.4 Å². The van der Waals surface area contributed by atoms with Crippen LogP contribution in [0.5, 0.6) is 5.75 Å². The minimum Gasteiger partial charge on any atom is -0.497 e. The van der Waals surface area contributed by atoms with E-state index in [4.69, 9.17) is 29.4 Å². The van der Waals surface area contributed by atoms with Crippen molar-refractivity contribution in [1.82, 2.24) is 5.32 Å². The molecule has 0 saturated carbocycles. The zero-order valence-corrected chi connectivity index (χ0v) is 28.7. The van der Waals surface area contributed by atoms with Crippen LogP contribution in [0, 0.1) is 11.8 Å². The zero-order valence-electron chi connectivity index (χ0n) is 28.7. The molecule has 2 amide bonds. The molecule has 260 valence electrons. The van der Waals surface area contributed by atoms with Gasteiger partial charge in [0.15, 0.2) is 11.9 Å². The molecule has 3 rings (SSSR count). The van der Waals surface area contributed by atoms with E-state index in [0.717, 1.165) is 0 Å². The normalized spacial score (nSPS) is 26.5. The van der Waals surface area contributed by atoms with Gasteiger partial charge < -0.3 is 39.8 Å². The second-order valence-corrected chi connectivity index (χ2v) is 12.0. The van der Waals surface area contributed by atoms with E-state index in [1.807, 2.05) is 6.92 Å². The summed E-state index contributed by atoms with van der Waals surface area (Å²) < 4.78 is 27.5. The molecule has 1 aliphatic heterocycles. The molecule has 12 nitrogen and oxygen atoms in total. The molecule has 0 fully saturated rings. The number of ether oxygens (including phenoxy) is 5. The summed E-state index contributed by atoms with van der Waals surface area (Å²) in [7, 11) is 5.73. The lowest BCUT2D eigenvalue weighted by atomic mass is 9.82. The number of nitrogens with two attached hydrogens (primary N) is 1. The van der Waals surface area contributed by atoms with Gasteiger partial charge in [-0.2, -0.15) is 0 Å². The van der Waals surface area contributed by atoms with E-state index < -0.39 is 53.9 Å². The van der Waals surface area contributed by atoms with E-state index >= 15 is 0 Å². The smallest absolute Gasteiger partial charge is 0.405 e. The van der Waals surface area contributed by atoms with Crippen molar-refractivity contribution in [2.75, 3.05) is 28.4 Å². The summed E-state index contributed by atoms with van der Waals surface area (Å²) in [6.07, 6.45) is 2.34. The standard InChI is InChI=1S/C36H46N2O10/c1-19-16-25-31(40)29(28(32(41)34(25)47-8)23-12-14-24(44-5)15-13-23)38-35(42)20(2)10-9-11-26(45-6)33(48-36(37)43)22(4)18-21(3)30(39)27(17-19)46-7/h9-15,18-19,21,26-27,30,33,39H,16-17H2,1-8H3,(H2,37,43)(H,38,42)/t19-,21+,26+,27+,30-,33+/m1/s1. The van der Waals surface area contributed by atoms with Crippen molar-refractivity contribution >= 4 is 29.1 Å². The highest BCUT2D eigenvalue weighted by Crippen LogP contribution is 2.35. The van der Waals surface area contributed by atoms with Crippen LogP contribution in [0.4, 0.5) is 4.79 Å². The topological polar surface area (TPSA) is 173 Å². The number of aliphatic hydroxyl groups is 1. The Morgan fingerprint density at radius 2 is 1.62 bits per heavy atom. The van der Waals surface area contributed by atoms with E-state index in [0.29, 0.717) is 23.3 Å². The van der Waals surface area contributed by atoms with Crippen LogP contribution >= 0.6 is 0 Å². The first-order valence-electron chi connectivity index (χ1n) is 15.6. The highest BCUT2D eigenvalue weighted by molar-refractivity contribution is 6.39. The zero-order chi connectivity index (χ0) is 35.7. The molecule has 0 unspecified atom stereocenters. The molecule has 2 aliphatic rings. The van der Waals surface area contributed by atoms with Crippen LogP contribution in [0.15, 0.2) is 76.7 Å². The molecule has 4 N–H and O–H groups in total. The molecule has 1 aliphatic carbocycles. The number of amides is 2. The van der Waals surface area contributed by atoms with Gasteiger partial charge in [0.2, 0.25) is 11.6 Å². The second-order valence-electron chi connectivity index (χ2n) is 12.0. The van der Waals surface area contributed by atoms with Crippen molar-refractivity contribution in [1.29, 1.82) is 0 Å². The highest BCUT2D eigenvalue weighted by Gasteiger charge is 2.38. The summed E-state index contributed by atoms with van der Waals surface area (Å²) in [5.74, 6) is -2.08. The molecule has 0 radical (unpaired) electrons. The van der Waals surface area contributed by atoms with Gasteiger partial charge in [0.25, 0.3) is 5.91 Å². The number of nitrogens with one attached hydrogen (secondary N) is 1. The first-order valence-corrected chi connectivity index (χ1v) is 15.6. The van der Waals surface area contributed by atoms with Gasteiger partial charge in [-0.15, -0.1) is 0 Å². The molecule has 48 heavy (non-hydrogen) atoms. The monoisotopic (exact) mass is 666 g/mol. The van der Waals surface area contributed by atoms with Crippen molar-refractivity contribution in [3.05, 3.63) is 82.3 Å². The predicted octanol–water partition coefficient (Wildman–Crippen LogP) is 3.94. The molecule has 0 aromatic heterocycles. The van der Waals surface area contributed by atoms with Crippen LogP contribution in [0.1, 0.15) is 46.1 Å². The number of carbonyl (C=O) groups excluding carboxylic acids is 4. The predicted molar refractivity (Wildman–Crippen MR) is 178 cm³/mol. The fourth-order valence-corrected chi connectivity index (χ4v) is 5.88. The van der Waals surface area contributed by atoms with Crippen LogP contribution in [0.3, 0.4) is 0 Å². The number of Topliss-reactive ketones (excluding diaryl/α,β-unsaturated/α-hetero) is 2. The van der Waals surface area contributed by atoms with E-state index in [-0.39, 0.29) is 40.5 Å². The SMILES string of the molecule is COC1=C2C[C@@H](C)C[C@H](OC)[C@H](O)[C@@H](C)C=C(C)[C@H](OC(N)=O)[C@@H](OC)C=CC=C(C)C(=O)NC(=C(c3ccc(OC)cc3)C1=O)C2=O. The number of benzene rings is 1. The number of aliphatic hydroxyl groups excluding tert-OH is 1. The summed E-state index contributed by atoms with van der Waals surface area (Å²) in [5, 5.41) is 14.0. The molecule has 12 heteroatoms. The lowest BCUT2D eigenvalue weighted by Gasteiger charge is -2.30. The maximum Gasteiger partial charge on any atom is 0.405 e. The van der Waals surface area contributed by atoms with Crippen molar-refractivity contribution < 1.29 is 48.0 Å². The molecule has 6 atom stereocenters. The number of hydrogen-bond acceptors (Lipinski definition) is 10. The number of allylic oxidation sites excluding steroid dienone is 4. The maximum absolute atomic E-state index is 14.2. The molecule has 0 saturated heterocycles. The number of ketones is 2. The van der Waals surface area contributed by atoms with Crippen LogP contribution in [-0.2, 0) is 33.3 Å². The van der Waals surface area contributed by atoms with Crippen LogP contribution in [0.2, 0.25) is 0 Å². The molecule has 2 bridgehead atoms. The largest absolute Gasteiger partial charge is 0.497 e. The Bertz CT molecular complexity index is 1540. The fraction of sp³-hybridized carbons (Fsp3) is 0.444. The van der Waals surface area contributed by atoms with E-state index in [2.05, 4.69) is 5.32 Å². The lowest BCUT2D eigenvalue weighted by Crippen LogP contribution is -2.37. The molecule has 1 heterocycles. The third-order valence-corrected chi connectivity index (χ3v) is 8.48. The van der Waals surface area contributed by atoms with Gasteiger partial charge in [0.1, 0.15) is 17.6 Å². The average Bonchev–Trinajstić information content (AvgIpc) is 3.06. The van der Waals surface area contributed by atoms with E-state index in [1.165, 1.54) is 34.5 Å². The quantitative estimate of drug-likeness (QED) is 0.298. The fourth-order valence-electron chi connectivity index (χ4n) is 5.88. The Kier molecular flexibility index (Phi) is 13.5. The van der Waals surface area contributed by atoms with E-state index in [9.17, 15) is 24.3 Å². The molecule has 1 aromatic carbocycles. The van der Waals surface area contributed by atoms with Gasteiger partial charge in [0, 0.05) is 31.3 Å². The second kappa shape index (κ2) is 17.0. The van der Waals surface area contributed by atoms with Crippen molar-refractivity contribution in [3.63, 3.8) is 0 Å². The summed E-state index contributed by atoms with van der Waals surface area (Å²) in [5.41, 5.74) is 6.44. The Morgan fingerprint density at radius 1 is 0.958 bits per heavy atom. The molecular formula is C36H46N2O10. The number of rotatable bonds is 6. The third-order valence-electron chi connectivity index (χ3n) is 8.48. The molecule has 1 aromatic rings. The Hall–Kier alpha value is -4.52. The summed E-state index contributed by atoms with van der Waals surface area (Å²) in [6, 6.07) is 6.53. The van der Waals surface area contributed by atoms with Gasteiger partial charge in [-0.1, -0.05) is 50.3 Å². The van der Waals surface area contributed by atoms with Crippen molar-refractivity contribution in [3.8, 4) is 5.75 Å². The average molecular weight is 667 g/mol. The van der Waals surface area contributed by atoms with Gasteiger partial charge in [-0.25, -0.2) is 4.79 Å². The number of hydrogen-bond donors (Lipinski definition) is 3. The van der Waals surface area contributed by atoms with Crippen LogP contribution < -0.4 is 15.8 Å². The van der Waals surface area contributed by atoms with Crippen molar-refractivity contribution in [2.24, 2.45) is 17.6 Å². The summed E-state index contributed by atoms with van der Waals surface area (Å²) in [6.45, 7) is 6.93. The molecule has 0 spiro atoms. The maximum atomic E-state index is 14.2. The Morgan fingerprint density at radius 3 is 2.19 bits per heavy atom. The summed E-state index contributed by atoms with van der Waals surface area (Å²) >= 11 is 0. The third kappa shape index (κ3) is 8.88. The first-order chi connectivity index (χ1) is 22.8. The minimum absolute atomic E-state index is 0.0232. The lowest BCUT2D eigenvalue weighted by molar-refractivity contribution is -0.120. The Labute approximate surface area is 281 Å². The van der Waals surface area contributed by atoms with Crippen LogP contribution in [0.25, 0.3) is 5.57 Å². The number of methoxy groups -OCH3 is 4. The van der Waals surface area contributed by atoms with Gasteiger partial charge in [-0.05, 0) is 55.9 Å². The van der Waals surface area contributed by atoms with Crippen LogP contribution in [-0.4, -0.2) is 81.5 Å². The minimum atomic E-state index is -1.01. The number of carbonyl (C=O) groups is 4. The van der Waals surface area contributed by atoms with E-state index in [1.54, 1.807) is 63.3 Å². The number of fused-ring (bicyclic) bond motifs is 2. The molecular weight excluding hydrogens is 620 g/mol. The number of primary amides is 1.